The fourth-order valence-electron chi connectivity index (χ4n) is 1.64. The summed E-state index contributed by atoms with van der Waals surface area (Å²) in [4.78, 5) is 30.0. The van der Waals surface area contributed by atoms with Crippen molar-refractivity contribution in [3.63, 3.8) is 0 Å². The minimum absolute atomic E-state index is 0.0606. The second-order valence-corrected chi connectivity index (χ2v) is 5.73. The first-order valence-corrected chi connectivity index (χ1v) is 7.82. The molecule has 116 valence electrons. The second kappa shape index (κ2) is 7.42. The van der Waals surface area contributed by atoms with E-state index in [1.165, 1.54) is 24.3 Å². The molecule has 1 heterocycles. The van der Waals surface area contributed by atoms with Crippen molar-refractivity contribution in [2.75, 3.05) is 11.1 Å². The van der Waals surface area contributed by atoms with Crippen LogP contribution in [-0.2, 0) is 11.2 Å². The average Bonchev–Trinajstić information content (AvgIpc) is 2.48. The number of aryl methyl sites for hydroxylation is 1. The molecule has 0 aliphatic rings. The molecule has 5 nitrogen and oxygen atoms in total. The summed E-state index contributed by atoms with van der Waals surface area (Å²) >= 11 is 6.75. The summed E-state index contributed by atoms with van der Waals surface area (Å²) in [5, 5.41) is 2.92. The lowest BCUT2D eigenvalue weighted by Gasteiger charge is -2.06. The Morgan fingerprint density at radius 3 is 2.91 bits per heavy atom. The Bertz CT molecular complexity index is 751. The number of rotatable bonds is 5. The molecule has 0 bridgehead atoms. The highest BCUT2D eigenvalue weighted by atomic mass is 35.5. The molecule has 22 heavy (non-hydrogen) atoms. The minimum Gasteiger partial charge on any atom is -0.325 e. The van der Waals surface area contributed by atoms with Crippen LogP contribution in [0.1, 0.15) is 12.6 Å². The second-order valence-electron chi connectivity index (χ2n) is 4.36. The van der Waals surface area contributed by atoms with Crippen LogP contribution in [0.4, 0.5) is 10.1 Å². The monoisotopic (exact) mass is 341 g/mol. The Morgan fingerprint density at radius 1 is 1.45 bits per heavy atom. The van der Waals surface area contributed by atoms with Crippen molar-refractivity contribution in [1.29, 1.82) is 0 Å². The number of thioether (sulfide) groups is 1. The molecule has 0 radical (unpaired) electrons. The lowest BCUT2D eigenvalue weighted by molar-refractivity contribution is -0.113. The summed E-state index contributed by atoms with van der Waals surface area (Å²) in [5.41, 5.74) is 0.817. The number of hydrogen-bond donors (Lipinski definition) is 2. The summed E-state index contributed by atoms with van der Waals surface area (Å²) in [7, 11) is 0. The van der Waals surface area contributed by atoms with Gasteiger partial charge in [-0.3, -0.25) is 9.59 Å². The quantitative estimate of drug-likeness (QED) is 0.647. The van der Waals surface area contributed by atoms with Crippen LogP contribution in [-0.4, -0.2) is 21.6 Å². The van der Waals surface area contributed by atoms with Gasteiger partial charge in [-0.2, -0.15) is 0 Å². The van der Waals surface area contributed by atoms with Gasteiger partial charge in [0.25, 0.3) is 5.56 Å². The number of anilines is 1. The molecule has 1 aromatic heterocycles. The lowest BCUT2D eigenvalue weighted by atomic mass is 10.3. The normalized spacial score (nSPS) is 10.5. The SMILES string of the molecule is CCc1cc(=O)[nH]c(SCC(=O)Nc2ccc(F)c(Cl)c2)n1. The summed E-state index contributed by atoms with van der Waals surface area (Å²) < 4.78 is 13.0. The maximum absolute atomic E-state index is 13.0. The Hall–Kier alpha value is -1.86. The van der Waals surface area contributed by atoms with Crippen molar-refractivity contribution >= 4 is 35.0 Å². The van der Waals surface area contributed by atoms with E-state index in [9.17, 15) is 14.0 Å². The highest BCUT2D eigenvalue weighted by Gasteiger charge is 2.08. The first-order valence-electron chi connectivity index (χ1n) is 6.46. The largest absolute Gasteiger partial charge is 0.325 e. The van der Waals surface area contributed by atoms with E-state index in [2.05, 4.69) is 15.3 Å². The van der Waals surface area contributed by atoms with Crippen molar-refractivity contribution < 1.29 is 9.18 Å². The van der Waals surface area contributed by atoms with Gasteiger partial charge in [-0.05, 0) is 24.6 Å². The third-order valence-electron chi connectivity index (χ3n) is 2.68. The number of nitrogens with zero attached hydrogens (tertiary/aromatic N) is 1. The minimum atomic E-state index is -0.549. The van der Waals surface area contributed by atoms with Crippen LogP contribution in [0.25, 0.3) is 0 Å². The number of amides is 1. The standard InChI is InChI=1S/C14H13ClFN3O2S/c1-2-8-6-12(20)19-14(18-8)22-7-13(21)17-9-3-4-11(16)10(15)5-9/h3-6H,2,7H2,1H3,(H,17,21)(H,18,19,20). The van der Waals surface area contributed by atoms with Crippen LogP contribution < -0.4 is 10.9 Å². The first kappa shape index (κ1) is 16.5. The van der Waals surface area contributed by atoms with Gasteiger partial charge in [0, 0.05) is 17.4 Å². The molecule has 8 heteroatoms. The van der Waals surface area contributed by atoms with E-state index in [0.29, 0.717) is 23.0 Å². The molecule has 0 unspecified atom stereocenters. The number of halogens is 2. The molecule has 0 spiro atoms. The molecule has 2 rings (SSSR count). The van der Waals surface area contributed by atoms with Gasteiger partial charge in [0.2, 0.25) is 5.91 Å². The highest BCUT2D eigenvalue weighted by Crippen LogP contribution is 2.20. The average molecular weight is 342 g/mol. The molecule has 1 aromatic carbocycles. The van der Waals surface area contributed by atoms with Crippen LogP contribution >= 0.6 is 23.4 Å². The topological polar surface area (TPSA) is 74.8 Å². The Balaban J connectivity index is 1.96. The smallest absolute Gasteiger partial charge is 0.251 e. The number of benzene rings is 1. The summed E-state index contributed by atoms with van der Waals surface area (Å²) in [6, 6.07) is 5.35. The predicted octanol–water partition coefficient (Wildman–Crippen LogP) is 2.86. The van der Waals surface area contributed by atoms with Gasteiger partial charge in [0.15, 0.2) is 5.16 Å². The first-order chi connectivity index (χ1) is 10.5. The van der Waals surface area contributed by atoms with Gasteiger partial charge >= 0.3 is 0 Å². The van der Waals surface area contributed by atoms with E-state index in [1.54, 1.807) is 0 Å². The molecular formula is C14H13ClFN3O2S. The van der Waals surface area contributed by atoms with Crippen molar-refractivity contribution in [2.24, 2.45) is 0 Å². The third kappa shape index (κ3) is 4.57. The fraction of sp³-hybridized carbons (Fsp3) is 0.214. The van der Waals surface area contributed by atoms with Gasteiger partial charge in [-0.15, -0.1) is 0 Å². The molecule has 0 aliphatic heterocycles. The van der Waals surface area contributed by atoms with Crippen molar-refractivity contribution in [2.45, 2.75) is 18.5 Å². The maximum Gasteiger partial charge on any atom is 0.251 e. The van der Waals surface area contributed by atoms with Crippen molar-refractivity contribution in [3.05, 3.63) is 51.2 Å². The number of carbonyl (C=O) groups is 1. The van der Waals surface area contributed by atoms with E-state index in [-0.39, 0.29) is 22.2 Å². The summed E-state index contributed by atoms with van der Waals surface area (Å²) in [6.45, 7) is 1.89. The highest BCUT2D eigenvalue weighted by molar-refractivity contribution is 7.99. The van der Waals surface area contributed by atoms with E-state index in [1.807, 2.05) is 6.92 Å². The van der Waals surface area contributed by atoms with Crippen LogP contribution in [0.2, 0.25) is 5.02 Å². The van der Waals surface area contributed by atoms with E-state index >= 15 is 0 Å². The molecule has 0 saturated heterocycles. The Kier molecular flexibility index (Phi) is 5.57. The Labute approximate surface area is 135 Å². The fourth-order valence-corrected chi connectivity index (χ4v) is 2.51. The molecule has 0 fully saturated rings. The Morgan fingerprint density at radius 2 is 2.23 bits per heavy atom. The van der Waals surface area contributed by atoms with E-state index < -0.39 is 5.82 Å². The lowest BCUT2D eigenvalue weighted by Crippen LogP contribution is -2.15. The van der Waals surface area contributed by atoms with Gasteiger partial charge in [-0.1, -0.05) is 30.3 Å². The van der Waals surface area contributed by atoms with Crippen molar-refractivity contribution in [3.8, 4) is 0 Å². The molecule has 1 amide bonds. The van der Waals surface area contributed by atoms with Crippen LogP contribution in [0.15, 0.2) is 34.2 Å². The zero-order valence-electron chi connectivity index (χ0n) is 11.7. The molecule has 2 N–H and O–H groups in total. The van der Waals surface area contributed by atoms with Gasteiger partial charge in [0.1, 0.15) is 5.82 Å². The van der Waals surface area contributed by atoms with E-state index in [4.69, 9.17) is 11.6 Å². The number of H-pyrrole nitrogens is 1. The zero-order valence-corrected chi connectivity index (χ0v) is 13.2. The zero-order chi connectivity index (χ0) is 16.1. The van der Waals surface area contributed by atoms with Gasteiger partial charge in [0.05, 0.1) is 10.8 Å². The predicted molar refractivity (Wildman–Crippen MR) is 85.0 cm³/mol. The van der Waals surface area contributed by atoms with Crippen LogP contribution in [0.5, 0.6) is 0 Å². The number of aromatic amines is 1. The maximum atomic E-state index is 13.0. The van der Waals surface area contributed by atoms with E-state index in [0.717, 1.165) is 11.8 Å². The molecule has 0 saturated carbocycles. The summed E-state index contributed by atoms with van der Waals surface area (Å²) in [6.07, 6.45) is 0.637. The number of nitrogens with one attached hydrogen (secondary N) is 2. The van der Waals surface area contributed by atoms with Crippen molar-refractivity contribution in [1.82, 2.24) is 9.97 Å². The molecule has 0 atom stereocenters. The molecular weight excluding hydrogens is 329 g/mol. The van der Waals surface area contributed by atoms with Gasteiger partial charge < -0.3 is 10.3 Å². The molecule has 0 aliphatic carbocycles. The van der Waals surface area contributed by atoms with Crippen LogP contribution in [0.3, 0.4) is 0 Å². The van der Waals surface area contributed by atoms with Crippen LogP contribution in [0, 0.1) is 5.82 Å². The summed E-state index contributed by atoms with van der Waals surface area (Å²) in [5.74, 6) is -0.796. The number of aromatic nitrogens is 2. The number of carbonyl (C=O) groups excluding carboxylic acids is 1. The van der Waals surface area contributed by atoms with Gasteiger partial charge in [-0.25, -0.2) is 9.37 Å². The molecule has 2 aromatic rings. The third-order valence-corrected chi connectivity index (χ3v) is 3.84. The number of hydrogen-bond acceptors (Lipinski definition) is 4.